The van der Waals surface area contributed by atoms with Crippen molar-refractivity contribution >= 4 is 39.4 Å². The smallest absolute Gasteiger partial charge is 0.219 e. The van der Waals surface area contributed by atoms with E-state index in [1.165, 1.54) is 0 Å². The van der Waals surface area contributed by atoms with Crippen molar-refractivity contribution < 1.29 is 4.79 Å². The minimum absolute atomic E-state index is 0.0444. The Morgan fingerprint density at radius 1 is 1.07 bits per heavy atom. The second kappa shape index (κ2) is 5.84. The van der Waals surface area contributed by atoms with Crippen LogP contribution in [-0.2, 0) is 4.79 Å². The van der Waals surface area contributed by atoms with E-state index in [9.17, 15) is 9.59 Å². The van der Waals surface area contributed by atoms with Crippen LogP contribution in [0.25, 0.3) is 27.7 Å². The minimum atomic E-state index is -0.0444. The molecule has 1 aromatic carbocycles. The zero-order valence-electron chi connectivity index (χ0n) is 15.0. The second-order valence-electron chi connectivity index (χ2n) is 6.91. The molecule has 1 aliphatic heterocycles. The van der Waals surface area contributed by atoms with Gasteiger partial charge in [0, 0.05) is 39.2 Å². The number of rotatable bonds is 1. The number of hydrogen-bond donors (Lipinski definition) is 1. The maximum atomic E-state index is 12.5. The molecule has 0 saturated carbocycles. The first-order valence-corrected chi connectivity index (χ1v) is 9.05. The Hall–Kier alpha value is -3.35. The molecule has 136 valence electrons. The highest BCUT2D eigenvalue weighted by Crippen LogP contribution is 2.23. The number of aromatic amines is 1. The summed E-state index contributed by atoms with van der Waals surface area (Å²) in [6.45, 7) is 4.44. The molecule has 0 aliphatic carbocycles. The van der Waals surface area contributed by atoms with Crippen LogP contribution in [0.3, 0.4) is 0 Å². The van der Waals surface area contributed by atoms with E-state index in [1.807, 2.05) is 45.7 Å². The van der Waals surface area contributed by atoms with E-state index in [0.717, 1.165) is 35.6 Å². The van der Waals surface area contributed by atoms with Crippen molar-refractivity contribution in [2.75, 3.05) is 31.1 Å². The molecule has 1 saturated heterocycles. The van der Waals surface area contributed by atoms with Gasteiger partial charge in [-0.25, -0.2) is 4.98 Å². The fraction of sp³-hybridized carbons (Fsp3) is 0.250. The number of para-hydroxylation sites is 2. The average molecular weight is 361 g/mol. The molecule has 5 rings (SSSR count). The molecular weight excluding hydrogens is 342 g/mol. The SMILES string of the molecule is CC(=O)N1CCN(c2ccc3c(=O)cc4[nH]c5ccccc5n4c3n2)CC1. The average Bonchev–Trinajstić information content (AvgIpc) is 3.06. The van der Waals surface area contributed by atoms with Crippen molar-refractivity contribution in [2.45, 2.75) is 6.92 Å². The molecule has 7 nitrogen and oxygen atoms in total. The highest BCUT2D eigenvalue weighted by atomic mass is 16.2. The highest BCUT2D eigenvalue weighted by Gasteiger charge is 2.20. The Kier molecular flexibility index (Phi) is 3.43. The number of piperazine rings is 1. The number of pyridine rings is 2. The molecule has 3 aromatic heterocycles. The lowest BCUT2D eigenvalue weighted by Gasteiger charge is -2.34. The molecule has 0 unspecified atom stereocenters. The van der Waals surface area contributed by atoms with Crippen LogP contribution < -0.4 is 10.3 Å². The van der Waals surface area contributed by atoms with E-state index < -0.39 is 0 Å². The normalized spacial score (nSPS) is 15.1. The number of carbonyl (C=O) groups excluding carboxylic acids is 1. The lowest BCUT2D eigenvalue weighted by Crippen LogP contribution is -2.48. The summed E-state index contributed by atoms with van der Waals surface area (Å²) >= 11 is 0. The quantitative estimate of drug-likeness (QED) is 0.563. The third-order valence-electron chi connectivity index (χ3n) is 5.30. The number of imidazole rings is 1. The summed E-state index contributed by atoms with van der Waals surface area (Å²) in [7, 11) is 0. The fourth-order valence-electron chi connectivity index (χ4n) is 3.86. The number of carbonyl (C=O) groups is 1. The maximum absolute atomic E-state index is 12.5. The molecule has 4 aromatic rings. The first-order chi connectivity index (χ1) is 13.1. The van der Waals surface area contributed by atoms with Gasteiger partial charge in [0.1, 0.15) is 11.5 Å². The van der Waals surface area contributed by atoms with E-state index >= 15 is 0 Å². The van der Waals surface area contributed by atoms with Crippen LogP contribution in [-0.4, -0.2) is 51.4 Å². The first-order valence-electron chi connectivity index (χ1n) is 9.05. The molecule has 1 N–H and O–H groups in total. The third kappa shape index (κ3) is 2.46. The molecule has 1 amide bonds. The van der Waals surface area contributed by atoms with Gasteiger partial charge in [-0.3, -0.25) is 14.0 Å². The Morgan fingerprint density at radius 3 is 2.63 bits per heavy atom. The van der Waals surface area contributed by atoms with Gasteiger partial charge in [-0.05, 0) is 24.3 Å². The van der Waals surface area contributed by atoms with E-state index in [2.05, 4.69) is 9.88 Å². The molecule has 1 fully saturated rings. The summed E-state index contributed by atoms with van der Waals surface area (Å²) in [6, 6.07) is 13.3. The zero-order valence-corrected chi connectivity index (χ0v) is 15.0. The molecule has 0 atom stereocenters. The topological polar surface area (TPSA) is 73.7 Å². The highest BCUT2D eigenvalue weighted by molar-refractivity contribution is 5.89. The molecule has 1 aliphatic rings. The van der Waals surface area contributed by atoms with Gasteiger partial charge in [-0.1, -0.05) is 12.1 Å². The summed E-state index contributed by atoms with van der Waals surface area (Å²) < 4.78 is 2.00. The van der Waals surface area contributed by atoms with Crippen LogP contribution in [0.1, 0.15) is 6.92 Å². The number of benzene rings is 1. The van der Waals surface area contributed by atoms with Crippen molar-refractivity contribution in [3.05, 3.63) is 52.7 Å². The number of aromatic nitrogens is 3. The van der Waals surface area contributed by atoms with Gasteiger partial charge < -0.3 is 14.8 Å². The van der Waals surface area contributed by atoms with Crippen LogP contribution in [0.5, 0.6) is 0 Å². The van der Waals surface area contributed by atoms with Crippen LogP contribution in [0.2, 0.25) is 0 Å². The van der Waals surface area contributed by atoms with Crippen molar-refractivity contribution in [1.29, 1.82) is 0 Å². The maximum Gasteiger partial charge on any atom is 0.219 e. The molecule has 0 spiro atoms. The molecule has 0 radical (unpaired) electrons. The van der Waals surface area contributed by atoms with E-state index in [4.69, 9.17) is 4.98 Å². The molecule has 7 heteroatoms. The monoisotopic (exact) mass is 361 g/mol. The van der Waals surface area contributed by atoms with Gasteiger partial charge >= 0.3 is 0 Å². The predicted octanol–water partition coefficient (Wildman–Crippen LogP) is 2.00. The van der Waals surface area contributed by atoms with Crippen LogP contribution in [0.4, 0.5) is 5.82 Å². The molecule has 0 bridgehead atoms. The number of hydrogen-bond acceptors (Lipinski definition) is 4. The number of anilines is 1. The van der Waals surface area contributed by atoms with Gasteiger partial charge in [-0.15, -0.1) is 0 Å². The zero-order chi connectivity index (χ0) is 18.5. The molecule has 27 heavy (non-hydrogen) atoms. The van der Waals surface area contributed by atoms with Gasteiger partial charge in [-0.2, -0.15) is 0 Å². The van der Waals surface area contributed by atoms with Crippen LogP contribution in [0, 0.1) is 0 Å². The lowest BCUT2D eigenvalue weighted by atomic mass is 10.2. The summed E-state index contributed by atoms with van der Waals surface area (Å²) in [5, 5.41) is 0.600. The van der Waals surface area contributed by atoms with E-state index in [-0.39, 0.29) is 11.3 Å². The van der Waals surface area contributed by atoms with Crippen LogP contribution in [0.15, 0.2) is 47.3 Å². The fourth-order valence-corrected chi connectivity index (χ4v) is 3.86. The Labute approximate surface area is 154 Å². The Morgan fingerprint density at radius 2 is 1.85 bits per heavy atom. The molecule has 4 heterocycles. The van der Waals surface area contributed by atoms with Gasteiger partial charge in [0.05, 0.1) is 16.4 Å². The minimum Gasteiger partial charge on any atom is -0.353 e. The van der Waals surface area contributed by atoms with Gasteiger partial charge in [0.25, 0.3) is 0 Å². The number of fused-ring (bicyclic) bond motifs is 5. The standard InChI is InChI=1S/C20H19N5O2/c1-13(26)23-8-10-24(11-9-23)18-7-6-14-17(27)12-19-21-15-4-2-3-5-16(15)25(19)20(14)22-18/h2-7,12,21H,8-11H2,1H3. The Bertz CT molecular complexity index is 1250. The largest absolute Gasteiger partial charge is 0.353 e. The van der Waals surface area contributed by atoms with Crippen molar-refractivity contribution in [3.8, 4) is 0 Å². The number of H-pyrrole nitrogens is 1. The lowest BCUT2D eigenvalue weighted by molar-refractivity contribution is -0.129. The number of amides is 1. The predicted molar refractivity (Wildman–Crippen MR) is 105 cm³/mol. The van der Waals surface area contributed by atoms with Crippen molar-refractivity contribution in [3.63, 3.8) is 0 Å². The summed E-state index contributed by atoms with van der Waals surface area (Å²) in [4.78, 5) is 36.2. The number of nitrogens with zero attached hydrogens (tertiary/aromatic N) is 4. The number of nitrogens with one attached hydrogen (secondary N) is 1. The van der Waals surface area contributed by atoms with E-state index in [0.29, 0.717) is 24.1 Å². The third-order valence-corrected chi connectivity index (χ3v) is 5.30. The van der Waals surface area contributed by atoms with Crippen molar-refractivity contribution in [2.24, 2.45) is 0 Å². The summed E-state index contributed by atoms with van der Waals surface area (Å²) in [5.41, 5.74) is 3.30. The van der Waals surface area contributed by atoms with Crippen LogP contribution >= 0.6 is 0 Å². The van der Waals surface area contributed by atoms with Gasteiger partial charge in [0.2, 0.25) is 5.91 Å². The van der Waals surface area contributed by atoms with Gasteiger partial charge in [0.15, 0.2) is 11.1 Å². The Balaban J connectivity index is 1.67. The second-order valence-corrected chi connectivity index (χ2v) is 6.91. The summed E-state index contributed by atoms with van der Waals surface area (Å²) in [6.07, 6.45) is 0. The first kappa shape index (κ1) is 15.9. The molecular formula is C20H19N5O2. The summed E-state index contributed by atoms with van der Waals surface area (Å²) in [5.74, 6) is 0.934. The van der Waals surface area contributed by atoms with E-state index in [1.54, 1.807) is 13.0 Å². The van der Waals surface area contributed by atoms with Crippen molar-refractivity contribution in [1.82, 2.24) is 19.3 Å².